The van der Waals surface area contributed by atoms with E-state index in [4.69, 9.17) is 0 Å². The van der Waals surface area contributed by atoms with Crippen LogP contribution in [-0.2, 0) is 4.79 Å². The van der Waals surface area contributed by atoms with E-state index in [0.29, 0.717) is 17.6 Å². The highest BCUT2D eigenvalue weighted by Gasteiger charge is 2.23. The Bertz CT molecular complexity index is 801. The SMILES string of the molecule is Cc1ccc(NC(=O)CSc2cc(N3C[C@H](C)C[C@@H](C)C3)ncn2)c(C)c1. The van der Waals surface area contributed by atoms with Gasteiger partial charge in [0.05, 0.1) is 5.75 Å². The number of anilines is 2. The molecule has 6 heteroatoms. The second kappa shape index (κ2) is 8.74. The van der Waals surface area contributed by atoms with E-state index in [1.165, 1.54) is 23.7 Å². The normalized spacial score (nSPS) is 19.8. The number of thioether (sulfide) groups is 1. The summed E-state index contributed by atoms with van der Waals surface area (Å²) in [5.74, 6) is 2.61. The highest BCUT2D eigenvalue weighted by atomic mass is 32.2. The molecule has 144 valence electrons. The van der Waals surface area contributed by atoms with Gasteiger partial charge in [-0.25, -0.2) is 9.97 Å². The number of hydrogen-bond acceptors (Lipinski definition) is 5. The molecule has 0 aliphatic carbocycles. The summed E-state index contributed by atoms with van der Waals surface area (Å²) in [6.45, 7) is 10.7. The zero-order valence-electron chi connectivity index (χ0n) is 16.5. The van der Waals surface area contributed by atoms with E-state index >= 15 is 0 Å². The summed E-state index contributed by atoms with van der Waals surface area (Å²) in [7, 11) is 0. The molecule has 1 saturated heterocycles. The van der Waals surface area contributed by atoms with Crippen LogP contribution in [0.15, 0.2) is 35.6 Å². The van der Waals surface area contributed by atoms with Crippen LogP contribution in [0, 0.1) is 25.7 Å². The largest absolute Gasteiger partial charge is 0.356 e. The molecule has 5 nitrogen and oxygen atoms in total. The first-order valence-electron chi connectivity index (χ1n) is 9.47. The second-order valence-corrected chi connectivity index (χ2v) is 8.72. The quantitative estimate of drug-likeness (QED) is 0.615. The van der Waals surface area contributed by atoms with Gasteiger partial charge in [0.15, 0.2) is 0 Å². The van der Waals surface area contributed by atoms with Crippen LogP contribution in [0.2, 0.25) is 0 Å². The first kappa shape index (κ1) is 19.7. The lowest BCUT2D eigenvalue weighted by molar-refractivity contribution is -0.113. The number of benzene rings is 1. The number of piperidine rings is 1. The van der Waals surface area contributed by atoms with E-state index in [9.17, 15) is 4.79 Å². The molecule has 1 N–H and O–H groups in total. The summed E-state index contributed by atoms with van der Waals surface area (Å²) >= 11 is 1.45. The number of carbonyl (C=O) groups is 1. The average molecular weight is 385 g/mol. The molecule has 27 heavy (non-hydrogen) atoms. The van der Waals surface area contributed by atoms with E-state index in [2.05, 4.69) is 40.1 Å². The third-order valence-electron chi connectivity index (χ3n) is 4.83. The van der Waals surface area contributed by atoms with E-state index in [1.54, 1.807) is 6.33 Å². The van der Waals surface area contributed by atoms with Gasteiger partial charge in [0.2, 0.25) is 5.91 Å². The summed E-state index contributed by atoms with van der Waals surface area (Å²) in [5.41, 5.74) is 3.13. The number of rotatable bonds is 5. The van der Waals surface area contributed by atoms with Gasteiger partial charge in [-0.1, -0.05) is 43.3 Å². The molecule has 1 aliphatic heterocycles. The van der Waals surface area contributed by atoms with Crippen molar-refractivity contribution in [2.24, 2.45) is 11.8 Å². The Morgan fingerprint density at radius 1 is 1.19 bits per heavy atom. The molecule has 0 unspecified atom stereocenters. The minimum atomic E-state index is -0.0210. The fraction of sp³-hybridized carbons (Fsp3) is 0.476. The smallest absolute Gasteiger partial charge is 0.234 e. The maximum Gasteiger partial charge on any atom is 0.234 e. The van der Waals surface area contributed by atoms with Crippen LogP contribution in [-0.4, -0.2) is 34.7 Å². The van der Waals surface area contributed by atoms with Gasteiger partial charge in [0.25, 0.3) is 0 Å². The lowest BCUT2D eigenvalue weighted by atomic mass is 9.92. The standard InChI is InChI=1S/C21H28N4OS/c1-14-5-6-18(17(4)8-14)24-20(26)12-27-21-9-19(22-13-23-21)25-10-15(2)7-16(3)11-25/h5-6,8-9,13,15-16H,7,10-12H2,1-4H3,(H,24,26)/t15-,16-/m1/s1. The molecular weight excluding hydrogens is 356 g/mol. The minimum Gasteiger partial charge on any atom is -0.356 e. The molecule has 2 heterocycles. The highest BCUT2D eigenvalue weighted by Crippen LogP contribution is 2.27. The predicted octanol–water partition coefficient (Wildman–Crippen LogP) is 4.31. The van der Waals surface area contributed by atoms with Crippen LogP contribution in [0.1, 0.15) is 31.4 Å². The fourth-order valence-corrected chi connectivity index (χ4v) is 4.37. The van der Waals surface area contributed by atoms with E-state index in [0.717, 1.165) is 35.2 Å². The van der Waals surface area contributed by atoms with Gasteiger partial charge in [-0.05, 0) is 43.7 Å². The van der Waals surface area contributed by atoms with Gasteiger partial charge in [0.1, 0.15) is 17.2 Å². The van der Waals surface area contributed by atoms with Crippen molar-refractivity contribution >= 4 is 29.2 Å². The molecule has 1 fully saturated rings. The van der Waals surface area contributed by atoms with Crippen molar-refractivity contribution in [1.82, 2.24) is 9.97 Å². The van der Waals surface area contributed by atoms with Crippen molar-refractivity contribution < 1.29 is 4.79 Å². The van der Waals surface area contributed by atoms with E-state index < -0.39 is 0 Å². The molecule has 2 aromatic rings. The first-order chi connectivity index (χ1) is 12.9. The van der Waals surface area contributed by atoms with Gasteiger partial charge in [-0.2, -0.15) is 0 Å². The Morgan fingerprint density at radius 3 is 2.63 bits per heavy atom. The number of carbonyl (C=O) groups excluding carboxylic acids is 1. The molecular formula is C21H28N4OS. The number of nitrogens with zero attached hydrogens (tertiary/aromatic N) is 3. The lowest BCUT2D eigenvalue weighted by Gasteiger charge is -2.35. The Kier molecular flexibility index (Phi) is 6.37. The third kappa shape index (κ3) is 5.45. The zero-order valence-corrected chi connectivity index (χ0v) is 17.3. The van der Waals surface area contributed by atoms with Crippen LogP contribution in [0.5, 0.6) is 0 Å². The van der Waals surface area contributed by atoms with Crippen molar-refractivity contribution in [1.29, 1.82) is 0 Å². The average Bonchev–Trinajstić information content (AvgIpc) is 2.62. The molecule has 1 aromatic heterocycles. The summed E-state index contributed by atoms with van der Waals surface area (Å²) in [5, 5.41) is 3.82. The molecule has 0 radical (unpaired) electrons. The molecule has 0 saturated carbocycles. The van der Waals surface area contributed by atoms with Gasteiger partial charge >= 0.3 is 0 Å². The zero-order chi connectivity index (χ0) is 19.4. The molecule has 0 bridgehead atoms. The molecule has 1 aliphatic rings. The number of nitrogens with one attached hydrogen (secondary N) is 1. The number of amides is 1. The molecule has 1 amide bonds. The fourth-order valence-electron chi connectivity index (χ4n) is 3.71. The van der Waals surface area contributed by atoms with E-state index in [-0.39, 0.29) is 5.91 Å². The van der Waals surface area contributed by atoms with Crippen LogP contribution in [0.25, 0.3) is 0 Å². The Hall–Kier alpha value is -2.08. The van der Waals surface area contributed by atoms with Crippen LogP contribution >= 0.6 is 11.8 Å². The molecule has 0 spiro atoms. The van der Waals surface area contributed by atoms with Crippen molar-refractivity contribution in [2.75, 3.05) is 29.1 Å². The summed E-state index contributed by atoms with van der Waals surface area (Å²) in [4.78, 5) is 23.4. The van der Waals surface area contributed by atoms with E-state index in [1.807, 2.05) is 32.0 Å². The predicted molar refractivity (Wildman–Crippen MR) is 112 cm³/mol. The van der Waals surface area contributed by atoms with Crippen molar-refractivity contribution in [3.63, 3.8) is 0 Å². The number of hydrogen-bond donors (Lipinski definition) is 1. The second-order valence-electron chi connectivity index (χ2n) is 7.72. The minimum absolute atomic E-state index is 0.0210. The third-order valence-corrected chi connectivity index (χ3v) is 5.75. The number of aryl methyl sites for hydroxylation is 2. The Labute approximate surface area is 166 Å². The van der Waals surface area contributed by atoms with Crippen molar-refractivity contribution in [3.8, 4) is 0 Å². The van der Waals surface area contributed by atoms with Gasteiger partial charge in [-0.15, -0.1) is 0 Å². The van der Waals surface area contributed by atoms with Crippen LogP contribution in [0.3, 0.4) is 0 Å². The summed E-state index contributed by atoms with van der Waals surface area (Å²) in [6, 6.07) is 8.03. The molecule has 2 atom stereocenters. The summed E-state index contributed by atoms with van der Waals surface area (Å²) in [6.07, 6.45) is 2.87. The van der Waals surface area contributed by atoms with Gasteiger partial charge < -0.3 is 10.2 Å². The maximum absolute atomic E-state index is 12.3. The maximum atomic E-state index is 12.3. The molecule has 1 aromatic carbocycles. The first-order valence-corrected chi connectivity index (χ1v) is 10.5. The van der Waals surface area contributed by atoms with Crippen LogP contribution < -0.4 is 10.2 Å². The van der Waals surface area contributed by atoms with Crippen molar-refractivity contribution in [2.45, 2.75) is 39.1 Å². The molecule has 3 rings (SSSR count). The summed E-state index contributed by atoms with van der Waals surface area (Å²) < 4.78 is 0. The monoisotopic (exact) mass is 384 g/mol. The Balaban J connectivity index is 1.58. The number of aromatic nitrogens is 2. The Morgan fingerprint density at radius 2 is 1.93 bits per heavy atom. The van der Waals surface area contributed by atoms with Gasteiger partial charge in [-0.3, -0.25) is 4.79 Å². The highest BCUT2D eigenvalue weighted by molar-refractivity contribution is 7.99. The van der Waals surface area contributed by atoms with Crippen LogP contribution in [0.4, 0.5) is 11.5 Å². The lowest BCUT2D eigenvalue weighted by Crippen LogP contribution is -2.39. The topological polar surface area (TPSA) is 58.1 Å². The van der Waals surface area contributed by atoms with Crippen molar-refractivity contribution in [3.05, 3.63) is 41.7 Å². The van der Waals surface area contributed by atoms with Gasteiger partial charge in [0, 0.05) is 24.8 Å².